The predicted molar refractivity (Wildman–Crippen MR) is 86.2 cm³/mol. The molecule has 1 saturated heterocycles. The normalized spacial score (nSPS) is 22.4. The van der Waals surface area contributed by atoms with Crippen LogP contribution < -0.4 is 16.0 Å². The first kappa shape index (κ1) is 14.7. The lowest BCUT2D eigenvalue weighted by Crippen LogP contribution is -2.38. The van der Waals surface area contributed by atoms with Crippen molar-refractivity contribution in [3.8, 4) is 0 Å². The number of amides is 1. The van der Waals surface area contributed by atoms with Gasteiger partial charge < -0.3 is 21.1 Å². The molecule has 5 nitrogen and oxygen atoms in total. The number of nitrogens with two attached hydrogens (primary N) is 1. The van der Waals surface area contributed by atoms with Gasteiger partial charge in [-0.25, -0.2) is 0 Å². The van der Waals surface area contributed by atoms with Gasteiger partial charge in [-0.3, -0.25) is 4.79 Å². The van der Waals surface area contributed by atoms with Crippen LogP contribution in [0.15, 0.2) is 0 Å². The number of nitrogens with one attached hydrogen (secondary N) is 1. The summed E-state index contributed by atoms with van der Waals surface area (Å²) in [5.74, 6) is 0.421. The van der Waals surface area contributed by atoms with Crippen molar-refractivity contribution < 1.29 is 9.90 Å². The molecule has 21 heavy (non-hydrogen) atoms. The Morgan fingerprint density at radius 3 is 2.86 bits per heavy atom. The summed E-state index contributed by atoms with van der Waals surface area (Å²) in [4.78, 5) is 15.0. The van der Waals surface area contributed by atoms with Crippen molar-refractivity contribution in [2.24, 2.45) is 0 Å². The Morgan fingerprint density at radius 2 is 2.24 bits per heavy atom. The molecule has 1 saturated carbocycles. The molecule has 1 aromatic rings. The van der Waals surface area contributed by atoms with Gasteiger partial charge in [-0.1, -0.05) is 0 Å². The molecule has 2 fully saturated rings. The lowest BCUT2D eigenvalue weighted by Gasteiger charge is -2.31. The van der Waals surface area contributed by atoms with E-state index in [4.69, 9.17) is 5.73 Å². The average Bonchev–Trinajstić information content (AvgIpc) is 3.22. The number of hydrogen-bond donors (Lipinski definition) is 3. The second kappa shape index (κ2) is 5.85. The van der Waals surface area contributed by atoms with Crippen molar-refractivity contribution in [3.05, 3.63) is 10.4 Å². The van der Waals surface area contributed by atoms with Crippen LogP contribution in [0.4, 0.5) is 10.7 Å². The summed E-state index contributed by atoms with van der Waals surface area (Å²) in [6.45, 7) is 4.10. The molecular weight excluding hydrogens is 286 g/mol. The fourth-order valence-electron chi connectivity index (χ4n) is 2.99. The van der Waals surface area contributed by atoms with Gasteiger partial charge in [-0.2, -0.15) is 0 Å². The third-order valence-electron chi connectivity index (χ3n) is 4.18. The minimum absolute atomic E-state index is 0.0780. The lowest BCUT2D eigenvalue weighted by molar-refractivity contribution is 0.0960. The van der Waals surface area contributed by atoms with Crippen LogP contribution >= 0.6 is 11.3 Å². The molecule has 1 amide bonds. The Morgan fingerprint density at radius 1 is 1.48 bits per heavy atom. The van der Waals surface area contributed by atoms with Gasteiger partial charge in [0, 0.05) is 25.2 Å². The highest BCUT2D eigenvalue weighted by Gasteiger charge is 2.35. The van der Waals surface area contributed by atoms with E-state index >= 15 is 0 Å². The summed E-state index contributed by atoms with van der Waals surface area (Å²) in [5, 5.41) is 13.9. The first-order valence-electron chi connectivity index (χ1n) is 7.75. The number of anilines is 2. The monoisotopic (exact) mass is 309 g/mol. The van der Waals surface area contributed by atoms with E-state index in [-0.39, 0.29) is 12.0 Å². The standard InChI is InChI=1S/C15H23N3O2S/c1-2-17-14(20)13-12(16)11(9-5-6-9)15(21-13)18-7-3-4-10(19)8-18/h9-10,19H,2-8,16H2,1H3,(H,17,20). The molecule has 4 N–H and O–H groups in total. The van der Waals surface area contributed by atoms with Gasteiger partial charge >= 0.3 is 0 Å². The van der Waals surface area contributed by atoms with Crippen molar-refractivity contribution in [2.75, 3.05) is 30.3 Å². The number of nitrogens with zero attached hydrogens (tertiary/aromatic N) is 1. The molecule has 1 unspecified atom stereocenters. The molecule has 0 spiro atoms. The molecule has 0 bridgehead atoms. The minimum atomic E-state index is -0.276. The third-order valence-corrected chi connectivity index (χ3v) is 5.46. The molecule has 1 atom stereocenters. The van der Waals surface area contributed by atoms with Crippen LogP contribution in [0.1, 0.15) is 53.8 Å². The number of rotatable bonds is 4. The number of thiophene rings is 1. The van der Waals surface area contributed by atoms with Gasteiger partial charge in [0.15, 0.2) is 0 Å². The van der Waals surface area contributed by atoms with E-state index in [1.54, 1.807) is 0 Å². The molecule has 0 radical (unpaired) electrons. The summed E-state index contributed by atoms with van der Waals surface area (Å²) in [6, 6.07) is 0. The van der Waals surface area contributed by atoms with Gasteiger partial charge in [0.1, 0.15) is 4.88 Å². The molecule has 6 heteroatoms. The van der Waals surface area contributed by atoms with E-state index in [9.17, 15) is 9.90 Å². The van der Waals surface area contributed by atoms with Gasteiger partial charge in [0.05, 0.1) is 16.8 Å². The van der Waals surface area contributed by atoms with Crippen molar-refractivity contribution >= 4 is 27.9 Å². The Labute approximate surface area is 129 Å². The minimum Gasteiger partial charge on any atom is -0.397 e. The van der Waals surface area contributed by atoms with E-state index in [1.165, 1.54) is 11.3 Å². The molecule has 1 aliphatic heterocycles. The molecular formula is C15H23N3O2S. The number of aliphatic hydroxyl groups is 1. The Kier molecular flexibility index (Phi) is 4.08. The van der Waals surface area contributed by atoms with Crippen LogP contribution in [0.3, 0.4) is 0 Å². The number of hydrogen-bond acceptors (Lipinski definition) is 5. The highest BCUT2D eigenvalue weighted by atomic mass is 32.1. The zero-order chi connectivity index (χ0) is 15.0. The summed E-state index contributed by atoms with van der Waals surface area (Å²) in [6.07, 6.45) is 3.87. The molecule has 1 aliphatic carbocycles. The van der Waals surface area contributed by atoms with Crippen LogP contribution in [0, 0.1) is 0 Å². The largest absolute Gasteiger partial charge is 0.397 e. The van der Waals surface area contributed by atoms with Crippen LogP contribution in [0.25, 0.3) is 0 Å². The number of aliphatic hydroxyl groups excluding tert-OH is 1. The summed E-state index contributed by atoms with van der Waals surface area (Å²) in [7, 11) is 0. The molecule has 1 aromatic heterocycles. The van der Waals surface area contributed by atoms with E-state index in [0.29, 0.717) is 29.6 Å². The molecule has 116 valence electrons. The smallest absolute Gasteiger partial charge is 0.263 e. The van der Waals surface area contributed by atoms with Crippen LogP contribution in [-0.2, 0) is 0 Å². The number of β-amino-alcohol motifs (C(OH)–C–C–N with tert-alkyl or cyclic N) is 1. The molecule has 2 aliphatic rings. The van der Waals surface area contributed by atoms with Crippen LogP contribution in [0.2, 0.25) is 0 Å². The second-order valence-corrected chi connectivity index (χ2v) is 6.94. The highest BCUT2D eigenvalue weighted by molar-refractivity contribution is 7.18. The molecule has 3 rings (SSSR count). The Bertz CT molecular complexity index is 539. The number of carbonyl (C=O) groups is 1. The second-order valence-electron chi connectivity index (χ2n) is 5.94. The maximum atomic E-state index is 12.2. The van der Waals surface area contributed by atoms with Crippen molar-refractivity contribution in [3.63, 3.8) is 0 Å². The number of piperidine rings is 1. The topological polar surface area (TPSA) is 78.6 Å². The molecule has 2 heterocycles. The summed E-state index contributed by atoms with van der Waals surface area (Å²) in [5.41, 5.74) is 8.08. The maximum absolute atomic E-state index is 12.2. The molecule has 0 aromatic carbocycles. The summed E-state index contributed by atoms with van der Waals surface area (Å²) >= 11 is 1.49. The van der Waals surface area contributed by atoms with Crippen molar-refractivity contribution in [2.45, 2.75) is 44.6 Å². The Hall–Kier alpha value is -1.27. The fourth-order valence-corrected chi connectivity index (χ4v) is 4.25. The first-order chi connectivity index (χ1) is 10.1. The zero-order valence-electron chi connectivity index (χ0n) is 12.4. The maximum Gasteiger partial charge on any atom is 0.263 e. The first-order valence-corrected chi connectivity index (χ1v) is 8.56. The SMILES string of the molecule is CCNC(=O)c1sc(N2CCCC(O)C2)c(C2CC2)c1N. The quantitative estimate of drug-likeness (QED) is 0.794. The van der Waals surface area contributed by atoms with Gasteiger partial charge in [0.2, 0.25) is 0 Å². The lowest BCUT2D eigenvalue weighted by atomic mass is 10.1. The third kappa shape index (κ3) is 2.87. The van der Waals surface area contributed by atoms with Gasteiger partial charge in [-0.05, 0) is 38.5 Å². The van der Waals surface area contributed by atoms with E-state index in [1.807, 2.05) is 6.92 Å². The zero-order valence-corrected chi connectivity index (χ0v) is 13.2. The number of nitrogen functional groups attached to an aromatic ring is 1. The van der Waals surface area contributed by atoms with Gasteiger partial charge in [0.25, 0.3) is 5.91 Å². The number of carbonyl (C=O) groups excluding carboxylic acids is 1. The predicted octanol–water partition coefficient (Wildman–Crippen LogP) is 1.92. The summed E-state index contributed by atoms with van der Waals surface area (Å²) < 4.78 is 0. The van der Waals surface area contributed by atoms with Crippen LogP contribution in [0.5, 0.6) is 0 Å². The average molecular weight is 309 g/mol. The van der Waals surface area contributed by atoms with Crippen LogP contribution in [-0.4, -0.2) is 36.8 Å². The van der Waals surface area contributed by atoms with E-state index < -0.39 is 0 Å². The van der Waals surface area contributed by atoms with E-state index in [0.717, 1.165) is 42.8 Å². The van der Waals surface area contributed by atoms with Crippen molar-refractivity contribution in [1.82, 2.24) is 5.32 Å². The fraction of sp³-hybridized carbons (Fsp3) is 0.667. The van der Waals surface area contributed by atoms with E-state index in [2.05, 4.69) is 10.2 Å². The van der Waals surface area contributed by atoms with Crippen molar-refractivity contribution in [1.29, 1.82) is 0 Å². The highest BCUT2D eigenvalue weighted by Crippen LogP contribution is 2.52. The Balaban J connectivity index is 1.94. The van der Waals surface area contributed by atoms with Gasteiger partial charge in [-0.15, -0.1) is 11.3 Å².